The van der Waals surface area contributed by atoms with Gasteiger partial charge >= 0.3 is 0 Å². The van der Waals surface area contributed by atoms with E-state index in [1.807, 2.05) is 42.6 Å². The van der Waals surface area contributed by atoms with Crippen LogP contribution in [0.3, 0.4) is 0 Å². The van der Waals surface area contributed by atoms with Crippen LogP contribution in [0.15, 0.2) is 54.7 Å². The zero-order valence-electron chi connectivity index (χ0n) is 18.2. The number of carbonyl (C=O) groups is 2. The molecule has 1 aromatic heterocycles. The van der Waals surface area contributed by atoms with E-state index >= 15 is 0 Å². The molecule has 0 saturated carbocycles. The van der Waals surface area contributed by atoms with E-state index in [0.29, 0.717) is 5.69 Å². The zero-order valence-corrected chi connectivity index (χ0v) is 20.6. The molecule has 5 aliphatic heterocycles. The van der Waals surface area contributed by atoms with Gasteiger partial charge in [-0.1, -0.05) is 58.0 Å². The summed E-state index contributed by atoms with van der Waals surface area (Å²) in [6, 6.07) is 15.2. The topological polar surface area (TPSA) is 99.8 Å². The number of likely N-dealkylation sites (N-methyl/N-ethyl adjacent to an activating group) is 1. The zero-order chi connectivity index (χ0) is 23.6. The number of hydrogen-bond donors (Lipinski definition) is 1. The van der Waals surface area contributed by atoms with Gasteiger partial charge in [0, 0.05) is 41.8 Å². The van der Waals surface area contributed by atoms with Crippen molar-refractivity contribution >= 4 is 61.3 Å². The molecule has 1 unspecified atom stereocenters. The van der Waals surface area contributed by atoms with Gasteiger partial charge in [-0.2, -0.15) is 0 Å². The molecular formula is C23H19N4O4S3-. The van der Waals surface area contributed by atoms with Crippen molar-refractivity contribution in [2.24, 2.45) is 0 Å². The van der Waals surface area contributed by atoms with Gasteiger partial charge in [-0.15, -0.1) is 0 Å². The molecular weight excluding hydrogens is 492 g/mol. The first-order valence-corrected chi connectivity index (χ1v) is 14.0. The molecule has 0 radical (unpaired) electrons. The highest BCUT2D eigenvalue weighted by Crippen LogP contribution is 2.71. The van der Waals surface area contributed by atoms with Crippen LogP contribution in [0.5, 0.6) is 0 Å². The fourth-order valence-electron chi connectivity index (χ4n) is 6.29. The highest BCUT2D eigenvalue weighted by molar-refractivity contribution is 8.78. The molecule has 34 heavy (non-hydrogen) atoms. The monoisotopic (exact) mass is 511 g/mol. The molecule has 2 aromatic carbocycles. The van der Waals surface area contributed by atoms with Gasteiger partial charge in [-0.3, -0.25) is 23.0 Å². The minimum Gasteiger partial charge on any atom is -0.755 e. The van der Waals surface area contributed by atoms with Crippen molar-refractivity contribution in [2.75, 3.05) is 11.4 Å². The van der Waals surface area contributed by atoms with E-state index in [4.69, 9.17) is 0 Å². The number of nitrogens with zero attached hydrogens (tertiary/aromatic N) is 3. The Kier molecular flexibility index (Phi) is 3.92. The lowest BCUT2D eigenvalue weighted by Crippen LogP contribution is -2.76. The van der Waals surface area contributed by atoms with Crippen LogP contribution >= 0.6 is 21.6 Å². The number of aromatic amines is 1. The molecule has 3 aromatic rings. The fourth-order valence-corrected chi connectivity index (χ4v) is 10.6. The highest BCUT2D eigenvalue weighted by atomic mass is 33.1. The maximum atomic E-state index is 14.0. The minimum absolute atomic E-state index is 0.166. The second-order valence-corrected chi connectivity index (χ2v) is 12.9. The number of fused-ring (bicyclic) bond motifs is 6. The third-order valence-corrected chi connectivity index (χ3v) is 12.3. The third-order valence-electron chi connectivity index (χ3n) is 7.90. The molecule has 8 rings (SSSR count). The van der Waals surface area contributed by atoms with Crippen LogP contribution in [0.25, 0.3) is 10.9 Å². The summed E-state index contributed by atoms with van der Waals surface area (Å²) in [5.41, 5.74) is 2.23. The Hall–Kier alpha value is -2.47. The summed E-state index contributed by atoms with van der Waals surface area (Å²) < 4.78 is 26.8. The van der Waals surface area contributed by atoms with Crippen LogP contribution in [0.4, 0.5) is 5.69 Å². The summed E-state index contributed by atoms with van der Waals surface area (Å²) in [6.45, 7) is 1.74. The molecule has 8 nitrogen and oxygen atoms in total. The van der Waals surface area contributed by atoms with E-state index in [-0.39, 0.29) is 18.2 Å². The summed E-state index contributed by atoms with van der Waals surface area (Å²) in [4.78, 5) is 32.0. The quantitative estimate of drug-likeness (QED) is 0.420. The molecule has 11 heteroatoms. The number of H-pyrrole nitrogens is 1. The maximum absolute atomic E-state index is 14.0. The molecule has 4 saturated heterocycles. The summed E-state index contributed by atoms with van der Waals surface area (Å²) in [6.07, 6.45) is 1.30. The fraction of sp³-hybridized carbons (Fsp3) is 0.304. The molecule has 6 heterocycles. The summed E-state index contributed by atoms with van der Waals surface area (Å²) in [5.74, 6) is -0.408. The van der Waals surface area contributed by atoms with Crippen LogP contribution in [0.2, 0.25) is 0 Å². The molecule has 4 fully saturated rings. The van der Waals surface area contributed by atoms with Gasteiger partial charge in [0.2, 0.25) is 0 Å². The first-order valence-electron chi connectivity index (χ1n) is 10.8. The van der Waals surface area contributed by atoms with Crippen molar-refractivity contribution in [3.63, 3.8) is 0 Å². The lowest BCUT2D eigenvalue weighted by Gasteiger charge is -2.58. The first kappa shape index (κ1) is 20.9. The van der Waals surface area contributed by atoms with Crippen LogP contribution in [-0.4, -0.2) is 58.3 Å². The van der Waals surface area contributed by atoms with Gasteiger partial charge < -0.3 is 14.4 Å². The molecule has 0 aliphatic carbocycles. The third kappa shape index (κ3) is 2.08. The molecule has 1 N–H and O–H groups in total. The Morgan fingerprint density at radius 2 is 1.79 bits per heavy atom. The van der Waals surface area contributed by atoms with Crippen molar-refractivity contribution in [1.29, 1.82) is 0 Å². The lowest BCUT2D eigenvalue weighted by atomic mass is 9.72. The number of piperazine rings is 1. The second kappa shape index (κ2) is 6.39. The van der Waals surface area contributed by atoms with Gasteiger partial charge in [0.25, 0.3) is 11.8 Å². The molecule has 1 spiro atoms. The van der Waals surface area contributed by atoms with Crippen molar-refractivity contribution in [1.82, 2.24) is 14.8 Å². The number of carbonyl (C=O) groups excluding carboxylic acids is 2. The van der Waals surface area contributed by atoms with E-state index in [1.54, 1.807) is 31.0 Å². The van der Waals surface area contributed by atoms with Crippen LogP contribution < -0.4 is 4.31 Å². The average Bonchev–Trinajstić information content (AvgIpc) is 3.47. The van der Waals surface area contributed by atoms with Crippen molar-refractivity contribution in [2.45, 2.75) is 34.7 Å². The van der Waals surface area contributed by atoms with E-state index < -0.39 is 32.6 Å². The molecule has 2 amide bonds. The van der Waals surface area contributed by atoms with Gasteiger partial charge in [0.1, 0.15) is 6.17 Å². The highest BCUT2D eigenvalue weighted by Gasteiger charge is 2.78. The van der Waals surface area contributed by atoms with E-state index in [0.717, 1.165) is 22.0 Å². The number of hydrogen-bond acceptors (Lipinski definition) is 6. The Morgan fingerprint density at radius 1 is 1.06 bits per heavy atom. The standard InChI is InChI=1S/C23H20N4O4S3/c1-21-19(28)26-18-22(12-23(26,33-32-21)20(29)25(21)2,15-11-24-16-9-5-3-7-13(15)16)14-8-4-6-10-17(14)27(18)34(30)31/h3-11,18,24H,12H2,1-2H3,(H,30,31)/p-1/t18-,21-,22+,23+/m0/s1. The van der Waals surface area contributed by atoms with E-state index in [9.17, 15) is 18.4 Å². The normalized spacial score (nSPS) is 34.6. The largest absolute Gasteiger partial charge is 0.755 e. The molecule has 174 valence electrons. The number of para-hydroxylation sites is 2. The number of aromatic nitrogens is 1. The van der Waals surface area contributed by atoms with E-state index in [2.05, 4.69) is 4.98 Å². The van der Waals surface area contributed by atoms with Crippen LogP contribution in [0, 0.1) is 0 Å². The number of amides is 2. The van der Waals surface area contributed by atoms with Crippen LogP contribution in [0.1, 0.15) is 24.5 Å². The molecule has 5 atom stereocenters. The number of rotatable bonds is 2. The van der Waals surface area contributed by atoms with Gasteiger partial charge in [-0.25, -0.2) is 0 Å². The second-order valence-electron chi connectivity index (χ2n) is 9.30. The SMILES string of the molecule is CN1C(=O)[C@]23C[C@]4(c5c[nH]c6ccccc56)c5ccccc5N(S(=O)[O-])[C@@H]4N2C(=O)[C@]1(C)SS3. The first-order chi connectivity index (χ1) is 16.3. The number of nitrogens with one attached hydrogen (secondary N) is 1. The molecule has 5 aliphatic rings. The van der Waals surface area contributed by atoms with Gasteiger partial charge in [0.05, 0.1) is 11.1 Å². The van der Waals surface area contributed by atoms with Gasteiger partial charge in [0.15, 0.2) is 9.74 Å². The summed E-state index contributed by atoms with van der Waals surface area (Å²) in [5, 5.41) is 0.948. The maximum Gasteiger partial charge on any atom is 0.262 e. The Balaban J connectivity index is 1.60. The smallest absolute Gasteiger partial charge is 0.262 e. The van der Waals surface area contributed by atoms with E-state index in [1.165, 1.54) is 30.8 Å². The molecule has 2 bridgehead atoms. The van der Waals surface area contributed by atoms with Crippen molar-refractivity contribution < 1.29 is 18.4 Å². The Labute approximate surface area is 205 Å². The minimum atomic E-state index is -2.66. The van der Waals surface area contributed by atoms with Crippen molar-refractivity contribution in [3.8, 4) is 0 Å². The average molecular weight is 512 g/mol. The predicted molar refractivity (Wildman–Crippen MR) is 131 cm³/mol. The number of benzene rings is 2. The van der Waals surface area contributed by atoms with Gasteiger partial charge in [-0.05, 0) is 30.2 Å². The number of anilines is 1. The summed E-state index contributed by atoms with van der Waals surface area (Å²) >= 11 is -2.66. The lowest BCUT2D eigenvalue weighted by molar-refractivity contribution is -0.163. The Morgan fingerprint density at radius 3 is 2.59 bits per heavy atom. The predicted octanol–water partition coefficient (Wildman–Crippen LogP) is 2.91. The Bertz CT molecular complexity index is 1460. The van der Waals surface area contributed by atoms with Crippen molar-refractivity contribution in [3.05, 3.63) is 65.9 Å². The van der Waals surface area contributed by atoms with Crippen LogP contribution in [-0.2, 0) is 26.3 Å². The summed E-state index contributed by atoms with van der Waals surface area (Å²) in [7, 11) is 4.43.